The van der Waals surface area contributed by atoms with Gasteiger partial charge in [0.05, 0.1) is 23.1 Å². The molecule has 0 spiro atoms. The molecule has 1 atom stereocenters. The number of anilines is 1. The number of carbonyl (C=O) groups excluding carboxylic acids is 1. The lowest BCUT2D eigenvalue weighted by Crippen LogP contribution is -2.14. The first-order valence-corrected chi connectivity index (χ1v) is 6.07. The second kappa shape index (κ2) is 6.06. The Morgan fingerprint density at radius 3 is 3.13 bits per heavy atom. The van der Waals surface area contributed by atoms with Crippen molar-refractivity contribution in [1.29, 1.82) is 0 Å². The molecule has 0 radical (unpaired) electrons. The highest BCUT2D eigenvalue weighted by atomic mass is 32.2. The quantitative estimate of drug-likeness (QED) is 0.663. The first kappa shape index (κ1) is 12.4. The number of hydrogen-bond donors (Lipinski definition) is 3. The number of aromatic nitrogens is 1. The van der Waals surface area contributed by atoms with Crippen LogP contribution in [0.2, 0.25) is 0 Å². The Balaban J connectivity index is 2.42. The van der Waals surface area contributed by atoms with Crippen LogP contribution in [0.1, 0.15) is 6.92 Å². The largest absolute Gasteiger partial charge is 0.394 e. The number of rotatable bonds is 5. The fraction of sp³-hybridized carbons (Fsp3) is 0.500. The Labute approximate surface area is 95.5 Å². The van der Waals surface area contributed by atoms with Crippen LogP contribution in [0.3, 0.4) is 0 Å². The molecule has 7 heteroatoms. The summed E-state index contributed by atoms with van der Waals surface area (Å²) < 4.78 is 0.895. The lowest BCUT2D eigenvalue weighted by molar-refractivity contribution is -0.114. The van der Waals surface area contributed by atoms with Crippen LogP contribution >= 0.6 is 23.1 Å². The second-order valence-corrected chi connectivity index (χ2v) is 5.16. The minimum Gasteiger partial charge on any atom is -0.394 e. The molecule has 0 aliphatic heterocycles. The van der Waals surface area contributed by atoms with E-state index in [1.165, 1.54) is 30.0 Å². The average Bonchev–Trinajstić information content (AvgIpc) is 2.61. The van der Waals surface area contributed by atoms with Gasteiger partial charge in [0.15, 0.2) is 5.13 Å². The summed E-state index contributed by atoms with van der Waals surface area (Å²) in [5.41, 5.74) is 0. The highest BCUT2D eigenvalue weighted by Crippen LogP contribution is 2.28. The number of amides is 1. The lowest BCUT2D eigenvalue weighted by Gasteiger charge is -2.03. The van der Waals surface area contributed by atoms with Crippen molar-refractivity contribution in [2.75, 3.05) is 17.7 Å². The van der Waals surface area contributed by atoms with Crippen molar-refractivity contribution >= 4 is 34.1 Å². The normalized spacial score (nSPS) is 12.5. The fourth-order valence-corrected chi connectivity index (χ4v) is 2.63. The third-order valence-corrected chi connectivity index (χ3v) is 3.65. The molecule has 1 aromatic rings. The highest BCUT2D eigenvalue weighted by Gasteiger charge is 2.07. The molecule has 0 aliphatic rings. The number of aliphatic hydroxyl groups excluding tert-OH is 2. The molecular formula is C8H12N2O3S2. The van der Waals surface area contributed by atoms with Gasteiger partial charge in [-0.25, -0.2) is 4.98 Å². The smallest absolute Gasteiger partial charge is 0.223 e. The van der Waals surface area contributed by atoms with Gasteiger partial charge in [0, 0.05) is 12.7 Å². The first-order chi connectivity index (χ1) is 7.11. The fourth-order valence-electron chi connectivity index (χ4n) is 0.765. The van der Waals surface area contributed by atoms with Gasteiger partial charge in [0.2, 0.25) is 5.91 Å². The zero-order valence-corrected chi connectivity index (χ0v) is 9.77. The highest BCUT2D eigenvalue weighted by molar-refractivity contribution is 8.01. The molecule has 1 aromatic heterocycles. The summed E-state index contributed by atoms with van der Waals surface area (Å²) in [5, 5.41) is 20.8. The summed E-state index contributed by atoms with van der Waals surface area (Å²) in [5.74, 6) is 0.259. The van der Waals surface area contributed by atoms with Crippen LogP contribution in [-0.4, -0.2) is 39.6 Å². The van der Waals surface area contributed by atoms with E-state index < -0.39 is 6.10 Å². The van der Waals surface area contributed by atoms with Gasteiger partial charge in [0.1, 0.15) is 0 Å². The molecule has 1 heterocycles. The number of nitrogens with zero attached hydrogens (tertiary/aromatic N) is 1. The molecule has 0 saturated heterocycles. The number of thioether (sulfide) groups is 1. The van der Waals surface area contributed by atoms with Gasteiger partial charge in [-0.1, -0.05) is 11.3 Å². The van der Waals surface area contributed by atoms with Gasteiger partial charge < -0.3 is 15.5 Å². The van der Waals surface area contributed by atoms with E-state index >= 15 is 0 Å². The third kappa shape index (κ3) is 4.61. The van der Waals surface area contributed by atoms with Crippen LogP contribution in [0.25, 0.3) is 0 Å². The molecule has 0 aromatic carbocycles. The number of nitrogens with one attached hydrogen (secondary N) is 1. The number of hydrogen-bond acceptors (Lipinski definition) is 6. The Kier molecular flexibility index (Phi) is 5.03. The minimum absolute atomic E-state index is 0.156. The predicted octanol–water partition coefficient (Wildman–Crippen LogP) is 0.547. The number of carbonyl (C=O) groups is 1. The summed E-state index contributed by atoms with van der Waals surface area (Å²) in [6, 6.07) is 0. The van der Waals surface area contributed by atoms with E-state index in [2.05, 4.69) is 10.3 Å². The van der Waals surface area contributed by atoms with Crippen molar-refractivity contribution in [3.63, 3.8) is 0 Å². The molecular weight excluding hydrogens is 236 g/mol. The predicted molar refractivity (Wildman–Crippen MR) is 60.2 cm³/mol. The third-order valence-electron chi connectivity index (χ3n) is 1.40. The lowest BCUT2D eigenvalue weighted by atomic mass is 10.4. The Morgan fingerprint density at radius 1 is 1.80 bits per heavy atom. The molecule has 1 rings (SSSR count). The van der Waals surface area contributed by atoms with E-state index in [0.29, 0.717) is 10.9 Å². The van der Waals surface area contributed by atoms with E-state index in [4.69, 9.17) is 10.2 Å². The monoisotopic (exact) mass is 248 g/mol. The zero-order chi connectivity index (χ0) is 11.3. The molecule has 3 N–H and O–H groups in total. The van der Waals surface area contributed by atoms with E-state index in [0.717, 1.165) is 4.21 Å². The van der Waals surface area contributed by atoms with Crippen LogP contribution in [0.15, 0.2) is 10.4 Å². The van der Waals surface area contributed by atoms with Crippen LogP contribution in [0.4, 0.5) is 5.13 Å². The molecule has 1 unspecified atom stereocenters. The summed E-state index contributed by atoms with van der Waals surface area (Å²) in [7, 11) is 0. The van der Waals surface area contributed by atoms with E-state index in [9.17, 15) is 4.79 Å². The maximum Gasteiger partial charge on any atom is 0.223 e. The summed E-state index contributed by atoms with van der Waals surface area (Å²) in [4.78, 5) is 14.7. The van der Waals surface area contributed by atoms with E-state index in [1.54, 1.807) is 6.20 Å². The molecule has 0 fully saturated rings. The van der Waals surface area contributed by atoms with Crippen LogP contribution in [0, 0.1) is 0 Å². The molecule has 0 aliphatic carbocycles. The molecule has 0 bridgehead atoms. The van der Waals surface area contributed by atoms with Gasteiger partial charge in [-0.3, -0.25) is 4.79 Å². The molecule has 5 nitrogen and oxygen atoms in total. The Hall–Kier alpha value is -0.630. The van der Waals surface area contributed by atoms with E-state index in [1.807, 2.05) is 0 Å². The van der Waals surface area contributed by atoms with Gasteiger partial charge in [-0.15, -0.1) is 11.8 Å². The van der Waals surface area contributed by atoms with E-state index in [-0.39, 0.29) is 12.5 Å². The second-order valence-electron chi connectivity index (χ2n) is 2.81. The van der Waals surface area contributed by atoms with Gasteiger partial charge in [0.25, 0.3) is 0 Å². The molecule has 15 heavy (non-hydrogen) atoms. The van der Waals surface area contributed by atoms with Gasteiger partial charge in [-0.2, -0.15) is 0 Å². The maximum absolute atomic E-state index is 10.7. The van der Waals surface area contributed by atoms with Crippen molar-refractivity contribution in [1.82, 2.24) is 4.98 Å². The molecule has 84 valence electrons. The average molecular weight is 248 g/mol. The minimum atomic E-state index is -0.721. The summed E-state index contributed by atoms with van der Waals surface area (Å²) in [6.45, 7) is 1.17. The Morgan fingerprint density at radius 2 is 2.53 bits per heavy atom. The van der Waals surface area contributed by atoms with Crippen LogP contribution < -0.4 is 5.32 Å². The number of thiazole rings is 1. The summed E-state index contributed by atoms with van der Waals surface area (Å²) in [6.07, 6.45) is 0.909. The standard InChI is InChI=1S/C8H12N2O3S2/c1-5(12)10-8-9-2-7(15-8)14-4-6(13)3-11/h2,6,11,13H,3-4H2,1H3,(H,9,10,12). The van der Waals surface area contributed by atoms with Crippen molar-refractivity contribution in [2.45, 2.75) is 17.2 Å². The van der Waals surface area contributed by atoms with Crippen molar-refractivity contribution in [3.8, 4) is 0 Å². The van der Waals surface area contributed by atoms with Crippen molar-refractivity contribution in [2.24, 2.45) is 0 Å². The zero-order valence-electron chi connectivity index (χ0n) is 8.14. The van der Waals surface area contributed by atoms with Gasteiger partial charge in [-0.05, 0) is 0 Å². The first-order valence-electron chi connectivity index (χ1n) is 4.27. The maximum atomic E-state index is 10.7. The van der Waals surface area contributed by atoms with Crippen LogP contribution in [-0.2, 0) is 4.79 Å². The molecule has 0 saturated carbocycles. The topological polar surface area (TPSA) is 82.5 Å². The van der Waals surface area contributed by atoms with Gasteiger partial charge >= 0.3 is 0 Å². The van der Waals surface area contributed by atoms with Crippen molar-refractivity contribution < 1.29 is 15.0 Å². The number of aliphatic hydroxyl groups is 2. The SMILES string of the molecule is CC(=O)Nc1ncc(SCC(O)CO)s1. The summed E-state index contributed by atoms with van der Waals surface area (Å²) >= 11 is 2.74. The molecule has 1 amide bonds. The Bertz CT molecular complexity index is 329. The van der Waals surface area contributed by atoms with Crippen molar-refractivity contribution in [3.05, 3.63) is 6.20 Å². The van der Waals surface area contributed by atoms with Crippen LogP contribution in [0.5, 0.6) is 0 Å².